The molecule has 2 heterocycles. The Kier molecular flexibility index (Phi) is 6.24. The number of anilines is 1. The first-order valence-electron chi connectivity index (χ1n) is 10.2. The molecule has 2 aromatic carbocycles. The van der Waals surface area contributed by atoms with Crippen LogP contribution >= 0.6 is 0 Å². The molecule has 6 nitrogen and oxygen atoms in total. The lowest BCUT2D eigenvalue weighted by Gasteiger charge is -2.31. The van der Waals surface area contributed by atoms with E-state index in [1.807, 2.05) is 6.07 Å². The first-order chi connectivity index (χ1) is 15.8. The van der Waals surface area contributed by atoms with E-state index in [1.165, 1.54) is 36.2 Å². The molecule has 2 atom stereocenters. The molecule has 0 radical (unpaired) electrons. The van der Waals surface area contributed by atoms with Crippen molar-refractivity contribution >= 4 is 11.8 Å². The largest absolute Gasteiger partial charge is 0.452 e. The van der Waals surface area contributed by atoms with Gasteiger partial charge in [0, 0.05) is 18.9 Å². The Morgan fingerprint density at radius 3 is 2.52 bits per heavy atom. The topological polar surface area (TPSA) is 65.4 Å². The van der Waals surface area contributed by atoms with Gasteiger partial charge >= 0.3 is 12.1 Å². The lowest BCUT2D eigenvalue weighted by atomic mass is 9.91. The number of benzene rings is 2. The molecule has 1 aliphatic rings. The molecular weight excluding hydrogens is 435 g/mol. The minimum atomic E-state index is -4.61. The summed E-state index contributed by atoms with van der Waals surface area (Å²) in [7, 11) is 1.48. The van der Waals surface area contributed by atoms with Gasteiger partial charge in [0.05, 0.1) is 23.9 Å². The average Bonchev–Trinajstić information content (AvgIpc) is 3.26. The number of allylic oxidation sites excluding steroid dienone is 1. The van der Waals surface area contributed by atoms with Crippen LogP contribution in [0.2, 0.25) is 0 Å². The van der Waals surface area contributed by atoms with E-state index in [0.717, 1.165) is 6.07 Å². The summed E-state index contributed by atoms with van der Waals surface area (Å²) < 4.78 is 54.0. The fourth-order valence-corrected chi connectivity index (χ4v) is 3.96. The van der Waals surface area contributed by atoms with E-state index in [1.54, 1.807) is 37.3 Å². The fraction of sp³-hybridized carbons (Fsp3) is 0.250. The van der Waals surface area contributed by atoms with Crippen molar-refractivity contribution < 1.29 is 27.4 Å². The van der Waals surface area contributed by atoms with Crippen LogP contribution < -0.4 is 5.32 Å². The SMILES string of the molecule is COCC(OC(=O)C1=C(C)Nc2ccnn2C1c1ccccc1C(F)(F)F)c1ccccc1. The van der Waals surface area contributed by atoms with Crippen LogP contribution in [-0.2, 0) is 20.4 Å². The maximum atomic E-state index is 13.9. The first kappa shape index (κ1) is 22.6. The molecule has 3 aromatic rings. The third-order valence-electron chi connectivity index (χ3n) is 5.43. The van der Waals surface area contributed by atoms with Gasteiger partial charge in [-0.25, -0.2) is 9.48 Å². The van der Waals surface area contributed by atoms with Crippen LogP contribution in [0.4, 0.5) is 19.0 Å². The number of carbonyl (C=O) groups is 1. The summed E-state index contributed by atoms with van der Waals surface area (Å²) in [6.07, 6.45) is -3.88. The molecule has 1 N–H and O–H groups in total. The minimum absolute atomic E-state index is 0.0416. The van der Waals surface area contributed by atoms with Crippen molar-refractivity contribution in [3.8, 4) is 0 Å². The van der Waals surface area contributed by atoms with Crippen LogP contribution in [0, 0.1) is 0 Å². The summed E-state index contributed by atoms with van der Waals surface area (Å²) in [5.74, 6) is -0.281. The normalized spacial score (nSPS) is 16.7. The summed E-state index contributed by atoms with van der Waals surface area (Å²) in [6, 6.07) is 14.7. The van der Waals surface area contributed by atoms with Crippen molar-refractivity contribution in [1.29, 1.82) is 0 Å². The molecule has 2 unspecified atom stereocenters. The Bertz CT molecular complexity index is 1170. The van der Waals surface area contributed by atoms with Gasteiger partial charge in [0.15, 0.2) is 6.10 Å². The number of esters is 1. The van der Waals surface area contributed by atoms with Crippen molar-refractivity contribution in [2.24, 2.45) is 0 Å². The van der Waals surface area contributed by atoms with Gasteiger partial charge in [-0.15, -0.1) is 0 Å². The number of ether oxygens (including phenoxy) is 2. The van der Waals surface area contributed by atoms with Crippen LogP contribution in [0.5, 0.6) is 0 Å². The predicted octanol–water partition coefficient (Wildman–Crippen LogP) is 5.12. The molecule has 172 valence electrons. The standard InChI is InChI=1S/C24H22F3N3O3/c1-15-21(23(31)33-19(14-32-2)16-8-4-3-5-9-16)22(30-20(29-15)12-13-28-30)17-10-6-7-11-18(17)24(25,26)27/h3-13,19,22,29H,14H2,1-2H3. The molecule has 0 amide bonds. The highest BCUT2D eigenvalue weighted by atomic mass is 19.4. The number of fused-ring (bicyclic) bond motifs is 1. The highest BCUT2D eigenvalue weighted by molar-refractivity contribution is 5.92. The van der Waals surface area contributed by atoms with Gasteiger partial charge in [-0.1, -0.05) is 48.5 Å². The lowest BCUT2D eigenvalue weighted by molar-refractivity contribution is -0.148. The summed E-state index contributed by atoms with van der Waals surface area (Å²) in [5.41, 5.74) is 0.208. The Hall–Kier alpha value is -3.59. The highest BCUT2D eigenvalue weighted by Crippen LogP contribution is 2.42. The molecule has 1 aromatic heterocycles. The lowest BCUT2D eigenvalue weighted by Crippen LogP contribution is -2.31. The minimum Gasteiger partial charge on any atom is -0.452 e. The smallest absolute Gasteiger partial charge is 0.416 e. The maximum absolute atomic E-state index is 13.9. The van der Waals surface area contributed by atoms with Gasteiger partial charge < -0.3 is 14.8 Å². The number of alkyl halides is 3. The summed E-state index contributed by atoms with van der Waals surface area (Å²) >= 11 is 0. The number of carbonyl (C=O) groups excluding carboxylic acids is 1. The Morgan fingerprint density at radius 2 is 1.82 bits per heavy atom. The number of rotatable bonds is 6. The number of nitrogens with one attached hydrogen (secondary N) is 1. The molecule has 9 heteroatoms. The van der Waals surface area contributed by atoms with Crippen molar-refractivity contribution in [3.05, 3.63) is 94.8 Å². The molecule has 4 rings (SSSR count). The average molecular weight is 457 g/mol. The van der Waals surface area contributed by atoms with Crippen LogP contribution in [0.1, 0.15) is 35.8 Å². The third kappa shape index (κ3) is 4.49. The Balaban J connectivity index is 1.79. The van der Waals surface area contributed by atoms with E-state index in [2.05, 4.69) is 10.4 Å². The second-order valence-electron chi connectivity index (χ2n) is 7.57. The van der Waals surface area contributed by atoms with Gasteiger partial charge in [-0.2, -0.15) is 18.3 Å². The zero-order chi connectivity index (χ0) is 23.6. The van der Waals surface area contributed by atoms with Crippen LogP contribution in [-0.4, -0.2) is 29.5 Å². The second-order valence-corrected chi connectivity index (χ2v) is 7.57. The molecule has 0 bridgehead atoms. The monoisotopic (exact) mass is 457 g/mol. The molecule has 0 fully saturated rings. The Labute approximate surface area is 188 Å². The van der Waals surface area contributed by atoms with Crippen molar-refractivity contribution in [2.75, 3.05) is 19.0 Å². The zero-order valence-electron chi connectivity index (χ0n) is 18.0. The molecule has 1 aliphatic heterocycles. The van der Waals surface area contributed by atoms with Crippen molar-refractivity contribution in [2.45, 2.75) is 25.2 Å². The number of nitrogens with zero attached hydrogens (tertiary/aromatic N) is 2. The zero-order valence-corrected chi connectivity index (χ0v) is 18.0. The van der Waals surface area contributed by atoms with Gasteiger partial charge in [0.1, 0.15) is 11.9 Å². The quantitative estimate of drug-likeness (QED) is 0.521. The number of aromatic nitrogens is 2. The number of hydrogen-bond acceptors (Lipinski definition) is 5. The predicted molar refractivity (Wildman–Crippen MR) is 115 cm³/mol. The Morgan fingerprint density at radius 1 is 1.12 bits per heavy atom. The molecular formula is C24H22F3N3O3. The van der Waals surface area contributed by atoms with E-state index < -0.39 is 29.9 Å². The third-order valence-corrected chi connectivity index (χ3v) is 5.43. The van der Waals surface area contributed by atoms with E-state index in [4.69, 9.17) is 9.47 Å². The van der Waals surface area contributed by atoms with E-state index in [-0.39, 0.29) is 17.7 Å². The van der Waals surface area contributed by atoms with E-state index in [9.17, 15) is 18.0 Å². The highest BCUT2D eigenvalue weighted by Gasteiger charge is 2.41. The summed E-state index contributed by atoms with van der Waals surface area (Å²) in [5, 5.41) is 7.24. The first-order valence-corrected chi connectivity index (χ1v) is 10.2. The van der Waals surface area contributed by atoms with Crippen LogP contribution in [0.3, 0.4) is 0 Å². The van der Waals surface area contributed by atoms with Gasteiger partial charge in [-0.05, 0) is 24.1 Å². The molecule has 0 spiro atoms. The van der Waals surface area contributed by atoms with Gasteiger partial charge in [0.2, 0.25) is 0 Å². The second kappa shape index (κ2) is 9.11. The van der Waals surface area contributed by atoms with Crippen molar-refractivity contribution in [1.82, 2.24) is 9.78 Å². The molecule has 0 saturated carbocycles. The van der Waals surface area contributed by atoms with Gasteiger partial charge in [-0.3, -0.25) is 0 Å². The number of methoxy groups -OCH3 is 1. The molecule has 0 aliphatic carbocycles. The summed E-state index contributed by atoms with van der Waals surface area (Å²) in [6.45, 7) is 1.72. The fourth-order valence-electron chi connectivity index (χ4n) is 3.96. The molecule has 0 saturated heterocycles. The van der Waals surface area contributed by atoms with E-state index >= 15 is 0 Å². The summed E-state index contributed by atoms with van der Waals surface area (Å²) in [4.78, 5) is 13.4. The van der Waals surface area contributed by atoms with Crippen molar-refractivity contribution in [3.63, 3.8) is 0 Å². The number of hydrogen-bond donors (Lipinski definition) is 1. The van der Waals surface area contributed by atoms with Crippen LogP contribution in [0.25, 0.3) is 0 Å². The van der Waals surface area contributed by atoms with E-state index in [0.29, 0.717) is 17.1 Å². The van der Waals surface area contributed by atoms with Crippen LogP contribution in [0.15, 0.2) is 78.1 Å². The van der Waals surface area contributed by atoms with Gasteiger partial charge in [0.25, 0.3) is 0 Å². The molecule has 33 heavy (non-hydrogen) atoms. The number of halogens is 3. The maximum Gasteiger partial charge on any atom is 0.416 e.